The third kappa shape index (κ3) is 3.32. The van der Waals surface area contributed by atoms with E-state index in [9.17, 15) is 0 Å². The van der Waals surface area contributed by atoms with Crippen LogP contribution in [0.15, 0.2) is 36.9 Å². The van der Waals surface area contributed by atoms with Crippen LogP contribution in [0.2, 0.25) is 0 Å². The summed E-state index contributed by atoms with van der Waals surface area (Å²) in [4.78, 5) is 6.43. The molecule has 0 atom stereocenters. The van der Waals surface area contributed by atoms with Crippen molar-refractivity contribution in [3.63, 3.8) is 0 Å². The van der Waals surface area contributed by atoms with Crippen LogP contribution < -0.4 is 9.64 Å². The van der Waals surface area contributed by atoms with Crippen LogP contribution in [0, 0.1) is 0 Å². The monoisotopic (exact) mass is 273 g/mol. The first-order valence-corrected chi connectivity index (χ1v) is 7.13. The third-order valence-corrected chi connectivity index (χ3v) is 3.47. The van der Waals surface area contributed by atoms with Crippen LogP contribution in [-0.4, -0.2) is 30.3 Å². The van der Waals surface area contributed by atoms with Crippen LogP contribution in [0.1, 0.15) is 26.2 Å². The lowest BCUT2D eigenvalue weighted by Crippen LogP contribution is -2.20. The zero-order valence-corrected chi connectivity index (χ0v) is 12.5. The molecule has 0 fully saturated rings. The van der Waals surface area contributed by atoms with Crippen molar-refractivity contribution in [2.45, 2.75) is 26.2 Å². The molecule has 0 saturated carbocycles. The molecule has 1 aromatic carbocycles. The Morgan fingerprint density at radius 2 is 2.15 bits per heavy atom. The molecule has 0 bridgehead atoms. The predicted molar refractivity (Wildman–Crippen MR) is 82.9 cm³/mol. The maximum atomic E-state index is 5.33. The Kier molecular flexibility index (Phi) is 5.04. The summed E-state index contributed by atoms with van der Waals surface area (Å²) >= 11 is 0. The van der Waals surface area contributed by atoms with Crippen molar-refractivity contribution in [2.24, 2.45) is 0 Å². The van der Waals surface area contributed by atoms with Crippen LogP contribution in [0.5, 0.6) is 5.75 Å². The van der Waals surface area contributed by atoms with E-state index in [-0.39, 0.29) is 0 Å². The molecular weight excluding hydrogens is 250 g/mol. The number of aromatic nitrogens is 2. The molecule has 20 heavy (non-hydrogen) atoms. The molecule has 2 aromatic rings. The topological polar surface area (TPSA) is 30.3 Å². The zero-order valence-electron chi connectivity index (χ0n) is 12.5. The lowest BCUT2D eigenvalue weighted by atomic mass is 10.2. The minimum atomic E-state index is 0.861. The SMILES string of the molecule is CCCCCN(C)c1ccc(OC)cc1-n1ccnc1. The zero-order chi connectivity index (χ0) is 14.4. The average Bonchev–Trinajstić information content (AvgIpc) is 3.01. The Balaban J connectivity index is 2.27. The van der Waals surface area contributed by atoms with E-state index in [2.05, 4.69) is 29.9 Å². The first-order valence-electron chi connectivity index (χ1n) is 7.13. The number of hydrogen-bond donors (Lipinski definition) is 0. The summed E-state index contributed by atoms with van der Waals surface area (Å²) in [5, 5.41) is 0. The van der Waals surface area contributed by atoms with Crippen LogP contribution in [0.25, 0.3) is 5.69 Å². The maximum Gasteiger partial charge on any atom is 0.121 e. The van der Waals surface area contributed by atoms with Crippen molar-refractivity contribution in [2.75, 3.05) is 25.6 Å². The number of unbranched alkanes of at least 4 members (excludes halogenated alkanes) is 2. The van der Waals surface area contributed by atoms with E-state index in [0.717, 1.165) is 18.0 Å². The third-order valence-electron chi connectivity index (χ3n) is 3.47. The summed E-state index contributed by atoms with van der Waals surface area (Å²) in [6, 6.07) is 6.17. The summed E-state index contributed by atoms with van der Waals surface area (Å²) in [6.07, 6.45) is 9.28. The molecule has 4 nitrogen and oxygen atoms in total. The number of anilines is 1. The number of rotatable bonds is 7. The predicted octanol–water partition coefficient (Wildman–Crippen LogP) is 3.51. The van der Waals surface area contributed by atoms with Crippen LogP contribution in [0.4, 0.5) is 5.69 Å². The number of methoxy groups -OCH3 is 1. The minimum Gasteiger partial charge on any atom is -0.497 e. The molecule has 1 heterocycles. The van der Waals surface area contributed by atoms with Gasteiger partial charge in [0.1, 0.15) is 5.75 Å². The van der Waals surface area contributed by atoms with Crippen molar-refractivity contribution in [3.8, 4) is 11.4 Å². The molecular formula is C16H23N3O. The van der Waals surface area contributed by atoms with Crippen molar-refractivity contribution in [3.05, 3.63) is 36.9 Å². The fourth-order valence-electron chi connectivity index (χ4n) is 2.28. The van der Waals surface area contributed by atoms with Gasteiger partial charge in [0.05, 0.1) is 24.8 Å². The maximum absolute atomic E-state index is 5.33. The molecule has 0 spiro atoms. The summed E-state index contributed by atoms with van der Waals surface area (Å²) in [6.45, 7) is 3.28. The fraction of sp³-hybridized carbons (Fsp3) is 0.438. The number of imidazole rings is 1. The van der Waals surface area contributed by atoms with Crippen molar-refractivity contribution < 1.29 is 4.74 Å². The normalized spacial score (nSPS) is 10.6. The van der Waals surface area contributed by atoms with Gasteiger partial charge in [-0.1, -0.05) is 19.8 Å². The Hall–Kier alpha value is -1.97. The minimum absolute atomic E-state index is 0.861. The number of benzene rings is 1. The van der Waals surface area contributed by atoms with E-state index in [4.69, 9.17) is 4.74 Å². The van der Waals surface area contributed by atoms with Crippen molar-refractivity contribution in [1.29, 1.82) is 0 Å². The van der Waals surface area contributed by atoms with Gasteiger partial charge in [-0.3, -0.25) is 0 Å². The lowest BCUT2D eigenvalue weighted by molar-refractivity contribution is 0.414. The molecule has 1 aromatic heterocycles. The van der Waals surface area contributed by atoms with Crippen molar-refractivity contribution in [1.82, 2.24) is 9.55 Å². The Labute approximate surface area is 121 Å². The summed E-state index contributed by atoms with van der Waals surface area (Å²) in [7, 11) is 3.83. The van der Waals surface area contributed by atoms with Crippen LogP contribution in [0.3, 0.4) is 0 Å². The summed E-state index contributed by atoms with van der Waals surface area (Å²) < 4.78 is 7.36. The molecule has 0 N–H and O–H groups in total. The van der Waals surface area contributed by atoms with E-state index in [1.807, 2.05) is 29.2 Å². The highest BCUT2D eigenvalue weighted by molar-refractivity contribution is 5.64. The second-order valence-corrected chi connectivity index (χ2v) is 4.95. The van der Waals surface area contributed by atoms with E-state index < -0.39 is 0 Å². The summed E-state index contributed by atoms with van der Waals surface area (Å²) in [5.41, 5.74) is 2.29. The van der Waals surface area contributed by atoms with Gasteiger partial charge in [0.2, 0.25) is 0 Å². The van der Waals surface area contributed by atoms with Gasteiger partial charge in [-0.25, -0.2) is 4.98 Å². The van der Waals surface area contributed by atoms with Crippen molar-refractivity contribution >= 4 is 5.69 Å². The van der Waals surface area contributed by atoms with Gasteiger partial charge in [0.25, 0.3) is 0 Å². The van der Waals surface area contributed by atoms with Gasteiger partial charge in [0.15, 0.2) is 0 Å². The Morgan fingerprint density at radius 3 is 2.80 bits per heavy atom. The highest BCUT2D eigenvalue weighted by Gasteiger charge is 2.10. The molecule has 108 valence electrons. The first kappa shape index (κ1) is 14.4. The molecule has 0 saturated heterocycles. The number of nitrogens with zero attached hydrogens (tertiary/aromatic N) is 3. The number of hydrogen-bond acceptors (Lipinski definition) is 3. The number of ether oxygens (including phenoxy) is 1. The molecule has 0 aliphatic carbocycles. The van der Waals surface area contributed by atoms with E-state index in [0.29, 0.717) is 0 Å². The molecule has 0 amide bonds. The molecule has 0 radical (unpaired) electrons. The first-order chi connectivity index (χ1) is 9.76. The Morgan fingerprint density at radius 1 is 1.30 bits per heavy atom. The Bertz CT molecular complexity index is 523. The van der Waals surface area contributed by atoms with Gasteiger partial charge in [-0.15, -0.1) is 0 Å². The van der Waals surface area contributed by atoms with Gasteiger partial charge in [0, 0.05) is 32.1 Å². The standard InChI is InChI=1S/C16H23N3O/c1-4-5-6-10-18(2)15-8-7-14(20-3)12-16(15)19-11-9-17-13-19/h7-9,11-13H,4-6,10H2,1-3H3. The second kappa shape index (κ2) is 6.98. The van der Waals surface area contributed by atoms with E-state index in [1.54, 1.807) is 13.3 Å². The molecule has 0 unspecified atom stereocenters. The van der Waals surface area contributed by atoms with Gasteiger partial charge < -0.3 is 14.2 Å². The van der Waals surface area contributed by atoms with E-state index in [1.165, 1.54) is 24.9 Å². The second-order valence-electron chi connectivity index (χ2n) is 4.95. The highest BCUT2D eigenvalue weighted by Crippen LogP contribution is 2.28. The highest BCUT2D eigenvalue weighted by atomic mass is 16.5. The van der Waals surface area contributed by atoms with Crippen LogP contribution >= 0.6 is 0 Å². The summed E-state index contributed by atoms with van der Waals surface area (Å²) in [5.74, 6) is 0.861. The fourth-order valence-corrected chi connectivity index (χ4v) is 2.28. The van der Waals surface area contributed by atoms with Crippen LogP contribution in [-0.2, 0) is 0 Å². The smallest absolute Gasteiger partial charge is 0.121 e. The lowest BCUT2D eigenvalue weighted by Gasteiger charge is -2.23. The van der Waals surface area contributed by atoms with Gasteiger partial charge >= 0.3 is 0 Å². The van der Waals surface area contributed by atoms with Gasteiger partial charge in [-0.05, 0) is 18.6 Å². The molecule has 2 rings (SSSR count). The molecule has 0 aliphatic rings. The average molecular weight is 273 g/mol. The van der Waals surface area contributed by atoms with Gasteiger partial charge in [-0.2, -0.15) is 0 Å². The molecule has 4 heteroatoms. The quantitative estimate of drug-likeness (QED) is 0.723. The largest absolute Gasteiger partial charge is 0.497 e. The van der Waals surface area contributed by atoms with E-state index >= 15 is 0 Å². The molecule has 0 aliphatic heterocycles.